The van der Waals surface area contributed by atoms with E-state index >= 15 is 0 Å². The van der Waals surface area contributed by atoms with Crippen molar-refractivity contribution >= 4 is 16.7 Å². The SMILES string of the molecule is COc1cccc2oc(-c3c(COCc4cnc[nH]4)nc4c(-c5ccccc5)c(C(F)(F)F)[nH]n4c3=O)nc12. The minimum Gasteiger partial charge on any atom is -0.494 e. The van der Waals surface area contributed by atoms with Crippen LogP contribution in [0.4, 0.5) is 13.2 Å². The first-order valence-corrected chi connectivity index (χ1v) is 11.6. The van der Waals surface area contributed by atoms with E-state index in [0.717, 1.165) is 4.52 Å². The van der Waals surface area contributed by atoms with E-state index in [1.165, 1.54) is 25.6 Å². The Morgan fingerprint density at radius 2 is 1.85 bits per heavy atom. The number of H-pyrrole nitrogens is 2. The molecular formula is C26H19F3N6O4. The van der Waals surface area contributed by atoms with E-state index in [1.54, 1.807) is 42.6 Å². The van der Waals surface area contributed by atoms with Gasteiger partial charge in [-0.3, -0.25) is 9.89 Å². The zero-order chi connectivity index (χ0) is 27.1. The number of methoxy groups -OCH3 is 1. The van der Waals surface area contributed by atoms with Crippen LogP contribution in [0, 0.1) is 0 Å². The lowest BCUT2D eigenvalue weighted by Gasteiger charge is -2.09. The van der Waals surface area contributed by atoms with Crippen LogP contribution in [0.3, 0.4) is 0 Å². The number of nitrogens with zero attached hydrogens (tertiary/aromatic N) is 4. The van der Waals surface area contributed by atoms with Gasteiger partial charge in [-0.15, -0.1) is 0 Å². The highest BCUT2D eigenvalue weighted by atomic mass is 19.4. The summed E-state index contributed by atoms with van der Waals surface area (Å²) in [7, 11) is 1.46. The number of aromatic amines is 2. The Hall–Kier alpha value is -4.91. The largest absolute Gasteiger partial charge is 0.494 e. The van der Waals surface area contributed by atoms with Crippen molar-refractivity contribution in [3.8, 4) is 28.3 Å². The molecule has 0 saturated carbocycles. The van der Waals surface area contributed by atoms with E-state index in [0.29, 0.717) is 22.5 Å². The van der Waals surface area contributed by atoms with Gasteiger partial charge in [0.1, 0.15) is 17.0 Å². The van der Waals surface area contributed by atoms with Gasteiger partial charge in [-0.05, 0) is 17.7 Å². The Balaban J connectivity index is 1.60. The summed E-state index contributed by atoms with van der Waals surface area (Å²) < 4.78 is 60.2. The Morgan fingerprint density at radius 1 is 1.03 bits per heavy atom. The van der Waals surface area contributed by atoms with Crippen LogP contribution in [0.2, 0.25) is 0 Å². The van der Waals surface area contributed by atoms with Gasteiger partial charge in [0.2, 0.25) is 5.89 Å². The van der Waals surface area contributed by atoms with Crippen LogP contribution in [-0.2, 0) is 24.1 Å². The van der Waals surface area contributed by atoms with Crippen LogP contribution < -0.4 is 10.3 Å². The number of benzene rings is 2. The zero-order valence-electron chi connectivity index (χ0n) is 20.2. The molecule has 0 unspecified atom stereocenters. The van der Waals surface area contributed by atoms with Gasteiger partial charge in [-0.2, -0.15) is 17.7 Å². The Kier molecular flexibility index (Phi) is 5.91. The molecule has 0 aliphatic carbocycles. The minimum atomic E-state index is -4.80. The lowest BCUT2D eigenvalue weighted by atomic mass is 10.1. The van der Waals surface area contributed by atoms with Crippen molar-refractivity contribution in [3.63, 3.8) is 0 Å². The molecule has 2 N–H and O–H groups in total. The normalized spacial score (nSPS) is 12.0. The third-order valence-electron chi connectivity index (χ3n) is 6.07. The van der Waals surface area contributed by atoms with Crippen molar-refractivity contribution in [2.75, 3.05) is 7.11 Å². The van der Waals surface area contributed by atoms with E-state index in [9.17, 15) is 18.0 Å². The molecule has 4 heterocycles. The summed E-state index contributed by atoms with van der Waals surface area (Å²) in [6, 6.07) is 12.9. The summed E-state index contributed by atoms with van der Waals surface area (Å²) in [6.45, 7) is -0.134. The fourth-order valence-electron chi connectivity index (χ4n) is 4.34. The van der Waals surface area contributed by atoms with Gasteiger partial charge in [0.25, 0.3) is 5.56 Å². The summed E-state index contributed by atoms with van der Waals surface area (Å²) >= 11 is 0. The van der Waals surface area contributed by atoms with Crippen LogP contribution in [-0.4, -0.2) is 36.7 Å². The second-order valence-corrected chi connectivity index (χ2v) is 8.52. The number of halogens is 3. The predicted octanol–water partition coefficient (Wildman–Crippen LogP) is 4.97. The predicted molar refractivity (Wildman–Crippen MR) is 133 cm³/mol. The Labute approximate surface area is 217 Å². The van der Waals surface area contributed by atoms with Crippen molar-refractivity contribution < 1.29 is 27.1 Å². The third kappa shape index (κ3) is 4.32. The highest BCUT2D eigenvalue weighted by Crippen LogP contribution is 2.39. The number of nitrogens with one attached hydrogen (secondary N) is 2. The second-order valence-electron chi connectivity index (χ2n) is 8.52. The van der Waals surface area contributed by atoms with E-state index in [1.807, 2.05) is 0 Å². The lowest BCUT2D eigenvalue weighted by molar-refractivity contribution is -0.140. The number of aromatic nitrogens is 6. The lowest BCUT2D eigenvalue weighted by Crippen LogP contribution is -2.21. The number of para-hydroxylation sites is 1. The standard InChI is InChI=1S/C26H19F3N6O4/c1-37-17-8-5-9-18-21(17)33-24(39-18)20-16(12-38-11-15-10-30-13-31-15)32-23-19(14-6-3-2-4-7-14)22(26(27,28)29)34-35(23)25(20)36/h2-10,13,34H,11-12H2,1H3,(H,30,31). The molecular weight excluding hydrogens is 517 g/mol. The molecule has 0 amide bonds. The zero-order valence-corrected chi connectivity index (χ0v) is 20.2. The maximum absolute atomic E-state index is 14.2. The van der Waals surface area contributed by atoms with Gasteiger partial charge in [0.05, 0.1) is 49.8 Å². The van der Waals surface area contributed by atoms with Gasteiger partial charge < -0.3 is 18.9 Å². The molecule has 10 nitrogen and oxygen atoms in total. The molecule has 0 fully saturated rings. The number of ether oxygens (including phenoxy) is 2. The second kappa shape index (κ2) is 9.44. The summed E-state index contributed by atoms with van der Waals surface area (Å²) in [6.07, 6.45) is -1.75. The van der Waals surface area contributed by atoms with Crippen molar-refractivity contribution in [1.82, 2.24) is 29.5 Å². The summed E-state index contributed by atoms with van der Waals surface area (Å²) in [5.41, 5.74) is -0.956. The molecule has 4 aromatic heterocycles. The van der Waals surface area contributed by atoms with Crippen molar-refractivity contribution in [3.05, 3.63) is 88.5 Å². The summed E-state index contributed by atoms with van der Waals surface area (Å²) in [5.74, 6) is 0.269. The van der Waals surface area contributed by atoms with Gasteiger partial charge in [0, 0.05) is 0 Å². The molecule has 6 aromatic rings. The monoisotopic (exact) mass is 536 g/mol. The van der Waals surface area contributed by atoms with E-state index in [-0.39, 0.29) is 47.1 Å². The quantitative estimate of drug-likeness (QED) is 0.295. The number of oxazole rings is 1. The van der Waals surface area contributed by atoms with Crippen LogP contribution in [0.1, 0.15) is 17.1 Å². The van der Waals surface area contributed by atoms with E-state index in [2.05, 4.69) is 25.0 Å². The average molecular weight is 536 g/mol. The van der Waals surface area contributed by atoms with E-state index < -0.39 is 17.4 Å². The number of alkyl halides is 3. The maximum Gasteiger partial charge on any atom is 0.433 e. The van der Waals surface area contributed by atoms with Crippen LogP contribution in [0.25, 0.3) is 39.3 Å². The van der Waals surface area contributed by atoms with Crippen molar-refractivity contribution in [2.45, 2.75) is 19.4 Å². The molecule has 0 bridgehead atoms. The topological polar surface area (TPSA) is 123 Å². The van der Waals surface area contributed by atoms with Crippen molar-refractivity contribution in [1.29, 1.82) is 0 Å². The molecule has 0 saturated heterocycles. The molecule has 39 heavy (non-hydrogen) atoms. The number of rotatable bonds is 7. The highest BCUT2D eigenvalue weighted by molar-refractivity contribution is 5.84. The summed E-state index contributed by atoms with van der Waals surface area (Å²) in [5, 5.41) is 2.21. The number of fused-ring (bicyclic) bond motifs is 2. The average Bonchev–Trinajstić information content (AvgIpc) is 3.67. The van der Waals surface area contributed by atoms with Crippen molar-refractivity contribution in [2.24, 2.45) is 0 Å². The first kappa shape index (κ1) is 24.4. The van der Waals surface area contributed by atoms with Gasteiger partial charge in [0.15, 0.2) is 16.7 Å². The molecule has 13 heteroatoms. The Morgan fingerprint density at radius 3 is 2.56 bits per heavy atom. The minimum absolute atomic E-state index is 0.0509. The Bertz CT molecular complexity index is 1840. The third-order valence-corrected chi connectivity index (χ3v) is 6.07. The maximum atomic E-state index is 14.2. The fourth-order valence-corrected chi connectivity index (χ4v) is 4.34. The molecule has 0 atom stereocenters. The van der Waals surface area contributed by atoms with Gasteiger partial charge in [-0.1, -0.05) is 36.4 Å². The molecule has 0 spiro atoms. The summed E-state index contributed by atoms with van der Waals surface area (Å²) in [4.78, 5) is 29.6. The molecule has 2 aromatic carbocycles. The van der Waals surface area contributed by atoms with Gasteiger partial charge in [-0.25, -0.2) is 15.0 Å². The molecule has 6 rings (SSSR count). The molecule has 0 aliphatic rings. The molecule has 0 radical (unpaired) electrons. The number of imidazole rings is 1. The molecule has 198 valence electrons. The van der Waals surface area contributed by atoms with Crippen LogP contribution in [0.5, 0.6) is 5.75 Å². The number of hydrogen-bond acceptors (Lipinski definition) is 7. The first-order valence-electron chi connectivity index (χ1n) is 11.6. The molecule has 0 aliphatic heterocycles. The van der Waals surface area contributed by atoms with Crippen LogP contribution >= 0.6 is 0 Å². The highest BCUT2D eigenvalue weighted by Gasteiger charge is 2.39. The number of hydrogen-bond donors (Lipinski definition) is 2. The smallest absolute Gasteiger partial charge is 0.433 e. The van der Waals surface area contributed by atoms with Gasteiger partial charge >= 0.3 is 6.18 Å². The fraction of sp³-hybridized carbons (Fsp3) is 0.154. The first-order chi connectivity index (χ1) is 18.8. The van der Waals surface area contributed by atoms with E-state index in [4.69, 9.17) is 13.9 Å². The van der Waals surface area contributed by atoms with Crippen LogP contribution in [0.15, 0.2) is 70.3 Å².